The minimum Gasteiger partial charge on any atom is -0.494 e. The second kappa shape index (κ2) is 6.22. The molecule has 0 spiro atoms. The van der Waals surface area contributed by atoms with E-state index in [1.165, 1.54) is 5.56 Å². The Morgan fingerprint density at radius 1 is 1.10 bits per heavy atom. The molecule has 0 bridgehead atoms. The predicted octanol–water partition coefficient (Wildman–Crippen LogP) is 3.64. The fourth-order valence-corrected chi connectivity index (χ4v) is 2.26. The molecule has 4 heteroatoms. The van der Waals surface area contributed by atoms with Crippen LogP contribution in [0.1, 0.15) is 12.5 Å². The van der Waals surface area contributed by atoms with E-state index < -0.39 is 0 Å². The van der Waals surface area contributed by atoms with E-state index in [1.54, 1.807) is 6.20 Å². The molecular formula is C17H17N3O. The predicted molar refractivity (Wildman–Crippen MR) is 84.5 cm³/mol. The monoisotopic (exact) mass is 279 g/mol. The Morgan fingerprint density at radius 2 is 2.00 bits per heavy atom. The van der Waals surface area contributed by atoms with Gasteiger partial charge >= 0.3 is 0 Å². The van der Waals surface area contributed by atoms with Crippen LogP contribution in [-0.2, 0) is 6.54 Å². The van der Waals surface area contributed by atoms with Crippen LogP contribution in [0.25, 0.3) is 10.9 Å². The second-order valence-corrected chi connectivity index (χ2v) is 4.71. The van der Waals surface area contributed by atoms with Gasteiger partial charge in [-0.25, -0.2) is 0 Å². The summed E-state index contributed by atoms with van der Waals surface area (Å²) in [5, 5.41) is 12.7. The number of fused-ring (bicyclic) bond motifs is 1. The highest BCUT2D eigenvalue weighted by molar-refractivity contribution is 5.90. The molecule has 21 heavy (non-hydrogen) atoms. The maximum Gasteiger partial charge on any atom is 0.119 e. The number of hydrogen-bond donors (Lipinski definition) is 1. The number of nitrogens with one attached hydrogen (secondary N) is 1. The zero-order valence-electron chi connectivity index (χ0n) is 11.9. The number of rotatable bonds is 5. The summed E-state index contributed by atoms with van der Waals surface area (Å²) < 4.78 is 5.52. The minimum absolute atomic E-state index is 0.676. The summed E-state index contributed by atoms with van der Waals surface area (Å²) in [6.45, 7) is 3.38. The molecule has 1 aromatic heterocycles. The lowest BCUT2D eigenvalue weighted by Crippen LogP contribution is -2.02. The van der Waals surface area contributed by atoms with Gasteiger partial charge in [-0.2, -0.15) is 10.2 Å². The van der Waals surface area contributed by atoms with E-state index in [0.717, 1.165) is 28.9 Å². The van der Waals surface area contributed by atoms with E-state index in [4.69, 9.17) is 4.74 Å². The molecular weight excluding hydrogens is 262 g/mol. The highest BCUT2D eigenvalue weighted by atomic mass is 16.5. The lowest BCUT2D eigenvalue weighted by Gasteiger charge is -2.10. The molecule has 1 N–H and O–H groups in total. The summed E-state index contributed by atoms with van der Waals surface area (Å²) in [5.74, 6) is 0.898. The van der Waals surface area contributed by atoms with Gasteiger partial charge in [0.25, 0.3) is 0 Å². The summed E-state index contributed by atoms with van der Waals surface area (Å²) in [5.41, 5.74) is 3.05. The Morgan fingerprint density at radius 3 is 2.90 bits per heavy atom. The van der Waals surface area contributed by atoms with Gasteiger partial charge in [-0.15, -0.1) is 0 Å². The first-order valence-corrected chi connectivity index (χ1v) is 7.03. The SMILES string of the molecule is CCOc1cccc(CNc2cnnc3ccccc23)c1. The Balaban J connectivity index is 1.79. The van der Waals surface area contributed by atoms with Crippen LogP contribution in [0.5, 0.6) is 5.75 Å². The van der Waals surface area contributed by atoms with Crippen LogP contribution in [0.15, 0.2) is 54.7 Å². The molecule has 106 valence electrons. The lowest BCUT2D eigenvalue weighted by atomic mass is 10.2. The molecule has 0 amide bonds. The van der Waals surface area contributed by atoms with Gasteiger partial charge in [0.2, 0.25) is 0 Å². The first-order valence-electron chi connectivity index (χ1n) is 7.03. The van der Waals surface area contributed by atoms with Crippen LogP contribution in [0.3, 0.4) is 0 Å². The van der Waals surface area contributed by atoms with Gasteiger partial charge in [-0.3, -0.25) is 0 Å². The molecule has 0 saturated heterocycles. The number of anilines is 1. The van der Waals surface area contributed by atoms with Crippen molar-refractivity contribution in [1.82, 2.24) is 10.2 Å². The molecule has 0 aliphatic heterocycles. The zero-order valence-corrected chi connectivity index (χ0v) is 11.9. The van der Waals surface area contributed by atoms with Crippen LogP contribution in [0.4, 0.5) is 5.69 Å². The van der Waals surface area contributed by atoms with E-state index in [0.29, 0.717) is 6.61 Å². The maximum atomic E-state index is 5.52. The van der Waals surface area contributed by atoms with Crippen molar-refractivity contribution >= 4 is 16.6 Å². The fraction of sp³-hybridized carbons (Fsp3) is 0.176. The molecule has 0 fully saturated rings. The number of ether oxygens (including phenoxy) is 1. The van der Waals surface area contributed by atoms with E-state index in [-0.39, 0.29) is 0 Å². The molecule has 0 unspecified atom stereocenters. The molecule has 0 aliphatic rings. The van der Waals surface area contributed by atoms with Crippen molar-refractivity contribution in [3.63, 3.8) is 0 Å². The maximum absolute atomic E-state index is 5.52. The topological polar surface area (TPSA) is 47.0 Å². The van der Waals surface area contributed by atoms with Crippen molar-refractivity contribution in [1.29, 1.82) is 0 Å². The third-order valence-corrected chi connectivity index (χ3v) is 3.24. The molecule has 2 aromatic carbocycles. The second-order valence-electron chi connectivity index (χ2n) is 4.71. The summed E-state index contributed by atoms with van der Waals surface area (Å²) in [6, 6.07) is 16.1. The highest BCUT2D eigenvalue weighted by Crippen LogP contribution is 2.21. The largest absolute Gasteiger partial charge is 0.494 e. The normalized spacial score (nSPS) is 10.5. The average Bonchev–Trinajstić information content (AvgIpc) is 2.53. The number of hydrogen-bond acceptors (Lipinski definition) is 4. The van der Waals surface area contributed by atoms with Crippen molar-refractivity contribution in [3.8, 4) is 5.75 Å². The van der Waals surface area contributed by atoms with Gasteiger partial charge in [-0.1, -0.05) is 30.3 Å². The lowest BCUT2D eigenvalue weighted by molar-refractivity contribution is 0.340. The third kappa shape index (κ3) is 3.11. The summed E-state index contributed by atoms with van der Waals surface area (Å²) in [7, 11) is 0. The van der Waals surface area contributed by atoms with Crippen LogP contribution >= 0.6 is 0 Å². The van der Waals surface area contributed by atoms with Crippen LogP contribution < -0.4 is 10.1 Å². The Bertz CT molecular complexity index is 737. The number of aromatic nitrogens is 2. The first-order chi connectivity index (χ1) is 10.4. The van der Waals surface area contributed by atoms with Gasteiger partial charge < -0.3 is 10.1 Å². The Kier molecular flexibility index (Phi) is 3.96. The number of nitrogens with zero attached hydrogens (tertiary/aromatic N) is 2. The summed E-state index contributed by atoms with van der Waals surface area (Å²) in [4.78, 5) is 0. The third-order valence-electron chi connectivity index (χ3n) is 3.24. The molecule has 1 heterocycles. The molecule has 0 radical (unpaired) electrons. The summed E-state index contributed by atoms with van der Waals surface area (Å²) in [6.07, 6.45) is 1.76. The molecule has 3 rings (SSSR count). The van der Waals surface area contributed by atoms with Crippen molar-refractivity contribution in [2.45, 2.75) is 13.5 Å². The van der Waals surface area contributed by atoms with E-state index in [9.17, 15) is 0 Å². The summed E-state index contributed by atoms with van der Waals surface area (Å²) >= 11 is 0. The molecule has 0 atom stereocenters. The van der Waals surface area contributed by atoms with Crippen LogP contribution in [0, 0.1) is 0 Å². The standard InChI is InChI=1S/C17H17N3O/c1-2-21-14-7-5-6-13(10-14)11-18-17-12-19-20-16-9-4-3-8-15(16)17/h3-10,12H,2,11H2,1H3,(H,18,20). The highest BCUT2D eigenvalue weighted by Gasteiger charge is 2.02. The average molecular weight is 279 g/mol. The van der Waals surface area contributed by atoms with Gasteiger partial charge in [0.05, 0.1) is 24.0 Å². The minimum atomic E-state index is 0.676. The van der Waals surface area contributed by atoms with E-state index in [2.05, 4.69) is 21.6 Å². The fourth-order valence-electron chi connectivity index (χ4n) is 2.26. The van der Waals surface area contributed by atoms with Crippen molar-refractivity contribution in [3.05, 3.63) is 60.3 Å². The smallest absolute Gasteiger partial charge is 0.119 e. The van der Waals surface area contributed by atoms with Crippen LogP contribution in [-0.4, -0.2) is 16.8 Å². The van der Waals surface area contributed by atoms with Gasteiger partial charge in [0, 0.05) is 11.9 Å². The zero-order chi connectivity index (χ0) is 14.5. The van der Waals surface area contributed by atoms with Crippen molar-refractivity contribution in [2.24, 2.45) is 0 Å². The van der Waals surface area contributed by atoms with Crippen molar-refractivity contribution < 1.29 is 4.74 Å². The quantitative estimate of drug-likeness (QED) is 0.774. The first kappa shape index (κ1) is 13.4. The van der Waals surface area contributed by atoms with Gasteiger partial charge in [-0.05, 0) is 30.7 Å². The van der Waals surface area contributed by atoms with E-state index >= 15 is 0 Å². The van der Waals surface area contributed by atoms with E-state index in [1.807, 2.05) is 49.4 Å². The van der Waals surface area contributed by atoms with Crippen LogP contribution in [0.2, 0.25) is 0 Å². The van der Waals surface area contributed by atoms with Gasteiger partial charge in [0.15, 0.2) is 0 Å². The molecule has 0 aliphatic carbocycles. The molecule has 4 nitrogen and oxygen atoms in total. The molecule has 0 saturated carbocycles. The Hall–Kier alpha value is -2.62. The van der Waals surface area contributed by atoms with Gasteiger partial charge in [0.1, 0.15) is 5.75 Å². The Labute approximate surface area is 123 Å². The van der Waals surface area contributed by atoms with Crippen molar-refractivity contribution in [2.75, 3.05) is 11.9 Å². The number of benzene rings is 2. The molecule has 3 aromatic rings.